The van der Waals surface area contributed by atoms with Crippen molar-refractivity contribution in [2.24, 2.45) is 5.92 Å². The number of benzene rings is 1. The minimum Gasteiger partial charge on any atom is -0.490 e. The van der Waals surface area contributed by atoms with Crippen LogP contribution in [-0.2, 0) is 6.54 Å². The van der Waals surface area contributed by atoms with Crippen LogP contribution in [0.4, 0.5) is 4.39 Å². The zero-order valence-electron chi connectivity index (χ0n) is 11.5. The first kappa shape index (κ1) is 14.9. The van der Waals surface area contributed by atoms with Gasteiger partial charge in [-0.1, -0.05) is 13.8 Å². The van der Waals surface area contributed by atoms with E-state index in [1.807, 2.05) is 13.8 Å². The molecule has 102 valence electrons. The van der Waals surface area contributed by atoms with Crippen molar-refractivity contribution < 1.29 is 14.2 Å². The van der Waals surface area contributed by atoms with Gasteiger partial charge in [0.1, 0.15) is 18.2 Å². The maximum atomic E-state index is 13.1. The molecule has 0 aromatic heterocycles. The summed E-state index contributed by atoms with van der Waals surface area (Å²) in [7, 11) is 1.79. The first-order valence-corrected chi connectivity index (χ1v) is 6.15. The highest BCUT2D eigenvalue weighted by atomic mass is 19.1. The molecule has 2 N–H and O–H groups in total. The lowest BCUT2D eigenvalue weighted by molar-refractivity contribution is -0.0269. The molecule has 1 atom stereocenters. The first-order valence-electron chi connectivity index (χ1n) is 6.15. The second kappa shape index (κ2) is 6.16. The zero-order valence-corrected chi connectivity index (χ0v) is 11.5. The topological polar surface area (TPSA) is 41.5 Å². The van der Waals surface area contributed by atoms with Crippen molar-refractivity contribution in [3.63, 3.8) is 0 Å². The monoisotopic (exact) mass is 255 g/mol. The van der Waals surface area contributed by atoms with E-state index in [1.165, 1.54) is 12.1 Å². The van der Waals surface area contributed by atoms with Crippen molar-refractivity contribution >= 4 is 0 Å². The number of nitrogens with one attached hydrogen (secondary N) is 1. The Morgan fingerprint density at radius 3 is 2.67 bits per heavy atom. The van der Waals surface area contributed by atoms with E-state index in [0.29, 0.717) is 12.3 Å². The maximum Gasteiger partial charge on any atom is 0.124 e. The minimum atomic E-state index is -0.898. The lowest BCUT2D eigenvalue weighted by Gasteiger charge is -2.28. The maximum absolute atomic E-state index is 13.1. The molecule has 0 radical (unpaired) electrons. The molecule has 0 spiro atoms. The fraction of sp³-hybridized carbons (Fsp3) is 0.571. The number of halogens is 1. The van der Waals surface area contributed by atoms with Crippen LogP contribution in [0.1, 0.15) is 26.3 Å². The van der Waals surface area contributed by atoms with E-state index in [1.54, 1.807) is 20.0 Å². The van der Waals surface area contributed by atoms with Gasteiger partial charge in [0.25, 0.3) is 0 Å². The molecular weight excluding hydrogens is 233 g/mol. The van der Waals surface area contributed by atoms with Crippen molar-refractivity contribution in [3.8, 4) is 5.75 Å². The molecule has 0 heterocycles. The molecule has 0 bridgehead atoms. The van der Waals surface area contributed by atoms with Crippen LogP contribution in [0.25, 0.3) is 0 Å². The van der Waals surface area contributed by atoms with E-state index in [2.05, 4.69) is 5.32 Å². The molecule has 1 unspecified atom stereocenters. The molecule has 0 amide bonds. The number of aliphatic hydroxyl groups is 1. The van der Waals surface area contributed by atoms with Crippen molar-refractivity contribution in [3.05, 3.63) is 29.6 Å². The quantitative estimate of drug-likeness (QED) is 0.819. The van der Waals surface area contributed by atoms with Crippen LogP contribution in [-0.4, -0.2) is 24.4 Å². The predicted octanol–water partition coefficient (Wildman–Crippen LogP) is 2.33. The highest BCUT2D eigenvalue weighted by Crippen LogP contribution is 2.23. The van der Waals surface area contributed by atoms with Crippen molar-refractivity contribution in [2.75, 3.05) is 13.7 Å². The van der Waals surface area contributed by atoms with Crippen LogP contribution in [0.15, 0.2) is 18.2 Å². The second-order valence-corrected chi connectivity index (χ2v) is 5.08. The van der Waals surface area contributed by atoms with Gasteiger partial charge in [-0.25, -0.2) is 4.39 Å². The minimum absolute atomic E-state index is 0.0886. The average molecular weight is 255 g/mol. The Morgan fingerprint density at radius 2 is 2.11 bits per heavy atom. The Balaban J connectivity index is 2.78. The third-order valence-corrected chi connectivity index (χ3v) is 3.15. The Morgan fingerprint density at radius 1 is 1.44 bits per heavy atom. The molecule has 0 aliphatic carbocycles. The molecule has 0 saturated carbocycles. The summed E-state index contributed by atoms with van der Waals surface area (Å²) < 4.78 is 18.8. The average Bonchev–Trinajstić information content (AvgIpc) is 2.28. The standard InChI is InChI=1S/C14H22FNO2/c1-10(2)14(3,17)9-18-13-6-5-12(15)7-11(13)8-16-4/h5-7,10,16-17H,8-9H2,1-4H3. The molecule has 1 rings (SSSR count). The smallest absolute Gasteiger partial charge is 0.124 e. The van der Waals surface area contributed by atoms with Crippen LogP contribution >= 0.6 is 0 Å². The van der Waals surface area contributed by atoms with E-state index < -0.39 is 5.60 Å². The number of rotatable bonds is 6. The Labute approximate surface area is 108 Å². The number of hydrogen-bond donors (Lipinski definition) is 2. The molecule has 3 nitrogen and oxygen atoms in total. The first-order chi connectivity index (χ1) is 8.36. The van der Waals surface area contributed by atoms with Gasteiger partial charge in [-0.15, -0.1) is 0 Å². The summed E-state index contributed by atoms with van der Waals surface area (Å²) in [6, 6.07) is 4.40. The molecule has 0 aliphatic rings. The zero-order chi connectivity index (χ0) is 13.8. The fourth-order valence-corrected chi connectivity index (χ4v) is 1.41. The number of ether oxygens (including phenoxy) is 1. The van der Waals surface area contributed by atoms with E-state index in [9.17, 15) is 9.50 Å². The summed E-state index contributed by atoms with van der Waals surface area (Å²) in [5.74, 6) is 0.403. The van der Waals surface area contributed by atoms with Gasteiger partial charge in [0.15, 0.2) is 0 Å². The van der Waals surface area contributed by atoms with Crippen molar-refractivity contribution in [1.29, 1.82) is 0 Å². The highest BCUT2D eigenvalue weighted by molar-refractivity contribution is 5.34. The van der Waals surface area contributed by atoms with Gasteiger partial charge in [-0.05, 0) is 38.1 Å². The molecule has 0 saturated heterocycles. The van der Waals surface area contributed by atoms with Gasteiger partial charge < -0.3 is 15.2 Å². The molecule has 18 heavy (non-hydrogen) atoms. The number of hydrogen-bond acceptors (Lipinski definition) is 3. The van der Waals surface area contributed by atoms with E-state index in [4.69, 9.17) is 4.74 Å². The second-order valence-electron chi connectivity index (χ2n) is 5.08. The van der Waals surface area contributed by atoms with E-state index >= 15 is 0 Å². The van der Waals surface area contributed by atoms with Crippen LogP contribution in [0.5, 0.6) is 5.75 Å². The van der Waals surface area contributed by atoms with Crippen LogP contribution in [0, 0.1) is 11.7 Å². The molecule has 4 heteroatoms. The summed E-state index contributed by atoms with van der Waals surface area (Å²) >= 11 is 0. The molecule has 0 aliphatic heterocycles. The normalized spacial score (nSPS) is 14.6. The largest absolute Gasteiger partial charge is 0.490 e. The van der Waals surface area contributed by atoms with Crippen molar-refractivity contribution in [2.45, 2.75) is 32.9 Å². The SMILES string of the molecule is CNCc1cc(F)ccc1OCC(C)(O)C(C)C. The van der Waals surface area contributed by atoms with Gasteiger partial charge in [0.05, 0.1) is 5.60 Å². The van der Waals surface area contributed by atoms with Crippen LogP contribution in [0.2, 0.25) is 0 Å². The van der Waals surface area contributed by atoms with E-state index in [-0.39, 0.29) is 18.3 Å². The lowest BCUT2D eigenvalue weighted by atomic mass is 9.94. The summed E-state index contributed by atoms with van der Waals surface area (Å²) in [6.07, 6.45) is 0. The summed E-state index contributed by atoms with van der Waals surface area (Å²) in [5.41, 5.74) is -0.150. The summed E-state index contributed by atoms with van der Waals surface area (Å²) in [6.45, 7) is 6.31. The van der Waals surface area contributed by atoms with Crippen LogP contribution in [0.3, 0.4) is 0 Å². The van der Waals surface area contributed by atoms with Gasteiger partial charge in [0, 0.05) is 12.1 Å². The Hall–Kier alpha value is -1.13. The van der Waals surface area contributed by atoms with Gasteiger partial charge >= 0.3 is 0 Å². The molecule has 1 aromatic rings. The lowest BCUT2D eigenvalue weighted by Crippen LogP contribution is -2.38. The van der Waals surface area contributed by atoms with E-state index in [0.717, 1.165) is 5.56 Å². The highest BCUT2D eigenvalue weighted by Gasteiger charge is 2.26. The predicted molar refractivity (Wildman–Crippen MR) is 70.1 cm³/mol. The summed E-state index contributed by atoms with van der Waals surface area (Å²) in [4.78, 5) is 0. The fourth-order valence-electron chi connectivity index (χ4n) is 1.41. The van der Waals surface area contributed by atoms with Gasteiger partial charge in [0.2, 0.25) is 0 Å². The molecular formula is C14H22FNO2. The Bertz CT molecular complexity index is 391. The Kier molecular flexibility index (Phi) is 5.11. The summed E-state index contributed by atoms with van der Waals surface area (Å²) in [5, 5.41) is 13.1. The van der Waals surface area contributed by atoms with Gasteiger partial charge in [-0.3, -0.25) is 0 Å². The molecule has 1 aromatic carbocycles. The van der Waals surface area contributed by atoms with Crippen molar-refractivity contribution in [1.82, 2.24) is 5.32 Å². The van der Waals surface area contributed by atoms with Gasteiger partial charge in [-0.2, -0.15) is 0 Å². The molecule has 0 fully saturated rings. The van der Waals surface area contributed by atoms with Crippen LogP contribution < -0.4 is 10.1 Å². The third-order valence-electron chi connectivity index (χ3n) is 3.15. The third kappa shape index (κ3) is 3.96.